The molecular formula is C8H17N3O4S. The van der Waals surface area contributed by atoms with Gasteiger partial charge < -0.3 is 10.8 Å². The molecule has 0 aromatic carbocycles. The molecule has 0 aliphatic heterocycles. The van der Waals surface area contributed by atoms with Crippen molar-refractivity contribution >= 4 is 16.2 Å². The third-order valence-electron chi connectivity index (χ3n) is 2.49. The van der Waals surface area contributed by atoms with Crippen molar-refractivity contribution in [1.29, 1.82) is 0 Å². The Morgan fingerprint density at radius 2 is 2.00 bits per heavy atom. The molecular weight excluding hydrogens is 234 g/mol. The number of hydrogen-bond acceptors (Lipinski definition) is 4. The predicted molar refractivity (Wildman–Crippen MR) is 57.9 cm³/mol. The number of aliphatic carboxylic acids is 1. The highest BCUT2D eigenvalue weighted by Gasteiger charge is 2.22. The van der Waals surface area contributed by atoms with Crippen LogP contribution in [0.25, 0.3) is 0 Å². The number of rotatable bonds is 6. The van der Waals surface area contributed by atoms with Crippen LogP contribution in [0.5, 0.6) is 0 Å². The molecule has 0 heterocycles. The molecule has 7 nitrogen and oxygen atoms in total. The zero-order valence-corrected chi connectivity index (χ0v) is 9.66. The van der Waals surface area contributed by atoms with Gasteiger partial charge in [0, 0.05) is 12.6 Å². The molecule has 0 aromatic heterocycles. The van der Waals surface area contributed by atoms with Crippen LogP contribution in [0.2, 0.25) is 0 Å². The molecule has 1 rings (SSSR count). The van der Waals surface area contributed by atoms with Crippen molar-refractivity contribution in [3.05, 3.63) is 0 Å². The molecule has 5 N–H and O–H groups in total. The Labute approximate surface area is 94.6 Å². The van der Waals surface area contributed by atoms with Gasteiger partial charge in [0.15, 0.2) is 0 Å². The topological polar surface area (TPSA) is 122 Å². The molecule has 0 aromatic rings. The highest BCUT2D eigenvalue weighted by Crippen LogP contribution is 2.17. The lowest BCUT2D eigenvalue weighted by atomic mass is 10.3. The molecule has 1 atom stereocenters. The summed E-state index contributed by atoms with van der Waals surface area (Å²) < 4.78 is 27.5. The van der Waals surface area contributed by atoms with Crippen LogP contribution in [0.3, 0.4) is 0 Å². The molecule has 8 heteroatoms. The largest absolute Gasteiger partial charge is 0.480 e. The maximum Gasteiger partial charge on any atom is 0.321 e. The van der Waals surface area contributed by atoms with Crippen molar-refractivity contribution in [2.45, 2.75) is 37.8 Å². The van der Waals surface area contributed by atoms with E-state index >= 15 is 0 Å². The number of nitrogens with one attached hydrogen (secondary N) is 2. The Balaban J connectivity index is 2.36. The SMILES string of the molecule is N[C@@H](CNS(=O)(=O)NC1CCCC1)C(=O)O. The van der Waals surface area contributed by atoms with Gasteiger partial charge in [-0.1, -0.05) is 12.8 Å². The van der Waals surface area contributed by atoms with E-state index < -0.39 is 22.2 Å². The first-order valence-corrected chi connectivity index (χ1v) is 6.64. The smallest absolute Gasteiger partial charge is 0.321 e. The highest BCUT2D eigenvalue weighted by molar-refractivity contribution is 7.87. The molecule has 0 radical (unpaired) electrons. The third-order valence-corrected chi connectivity index (χ3v) is 3.68. The number of carbonyl (C=O) groups is 1. The summed E-state index contributed by atoms with van der Waals surface area (Å²) in [7, 11) is -3.64. The zero-order valence-electron chi connectivity index (χ0n) is 8.85. The van der Waals surface area contributed by atoms with Crippen molar-refractivity contribution < 1.29 is 18.3 Å². The zero-order chi connectivity index (χ0) is 12.2. The molecule has 16 heavy (non-hydrogen) atoms. The molecule has 1 aliphatic rings. The normalized spacial score (nSPS) is 19.8. The van der Waals surface area contributed by atoms with Gasteiger partial charge in [-0.3, -0.25) is 4.79 Å². The minimum absolute atomic E-state index is 0.0430. The Morgan fingerprint density at radius 3 is 2.50 bits per heavy atom. The van der Waals surface area contributed by atoms with Crippen LogP contribution in [0.1, 0.15) is 25.7 Å². The predicted octanol–water partition coefficient (Wildman–Crippen LogP) is -1.24. The van der Waals surface area contributed by atoms with Crippen LogP contribution in [0, 0.1) is 0 Å². The van der Waals surface area contributed by atoms with Crippen LogP contribution in [-0.2, 0) is 15.0 Å². The minimum atomic E-state index is -3.64. The Hall–Kier alpha value is -0.700. The van der Waals surface area contributed by atoms with E-state index in [0.717, 1.165) is 25.7 Å². The highest BCUT2D eigenvalue weighted by atomic mass is 32.2. The molecule has 0 saturated heterocycles. The summed E-state index contributed by atoms with van der Waals surface area (Å²) >= 11 is 0. The molecule has 0 unspecified atom stereocenters. The summed E-state index contributed by atoms with van der Waals surface area (Å²) in [5, 5.41) is 8.48. The fourth-order valence-electron chi connectivity index (χ4n) is 1.59. The average Bonchev–Trinajstić information content (AvgIpc) is 2.65. The molecule has 0 spiro atoms. The molecule has 1 fully saturated rings. The lowest BCUT2D eigenvalue weighted by Crippen LogP contribution is -2.48. The van der Waals surface area contributed by atoms with Crippen LogP contribution >= 0.6 is 0 Å². The first kappa shape index (κ1) is 13.4. The lowest BCUT2D eigenvalue weighted by Gasteiger charge is -2.14. The maximum atomic E-state index is 11.4. The lowest BCUT2D eigenvalue weighted by molar-refractivity contribution is -0.138. The fraction of sp³-hybridized carbons (Fsp3) is 0.875. The Bertz CT molecular complexity index is 337. The number of hydrogen-bond donors (Lipinski definition) is 4. The van der Waals surface area contributed by atoms with Gasteiger partial charge in [0.05, 0.1) is 0 Å². The first-order chi connectivity index (χ1) is 7.41. The summed E-state index contributed by atoms with van der Waals surface area (Å²) in [6.45, 7) is -0.308. The second kappa shape index (κ2) is 5.58. The second-order valence-electron chi connectivity index (χ2n) is 3.90. The molecule has 0 bridgehead atoms. The third kappa shape index (κ3) is 4.44. The van der Waals surface area contributed by atoms with Gasteiger partial charge in [-0.2, -0.15) is 13.1 Å². The van der Waals surface area contributed by atoms with Gasteiger partial charge in [0.1, 0.15) is 6.04 Å². The van der Waals surface area contributed by atoms with Crippen LogP contribution in [0.4, 0.5) is 0 Å². The standard InChI is InChI=1S/C8H17N3O4S/c9-7(8(12)13)5-10-16(14,15)11-6-3-1-2-4-6/h6-7,10-11H,1-5,9H2,(H,12,13)/t7-/m0/s1. The molecule has 94 valence electrons. The minimum Gasteiger partial charge on any atom is -0.480 e. The van der Waals surface area contributed by atoms with Crippen molar-refractivity contribution in [2.75, 3.05) is 6.54 Å². The van der Waals surface area contributed by atoms with E-state index in [1.54, 1.807) is 0 Å². The summed E-state index contributed by atoms with van der Waals surface area (Å²) in [5.74, 6) is -1.23. The second-order valence-corrected chi connectivity index (χ2v) is 5.43. The maximum absolute atomic E-state index is 11.4. The molecule has 1 saturated carbocycles. The first-order valence-electron chi connectivity index (χ1n) is 5.16. The number of nitrogens with two attached hydrogens (primary N) is 1. The van der Waals surface area contributed by atoms with E-state index in [9.17, 15) is 13.2 Å². The Morgan fingerprint density at radius 1 is 1.44 bits per heavy atom. The quantitative estimate of drug-likeness (QED) is 0.470. The van der Waals surface area contributed by atoms with E-state index in [4.69, 9.17) is 10.8 Å². The fourth-order valence-corrected chi connectivity index (χ4v) is 2.75. The summed E-state index contributed by atoms with van der Waals surface area (Å²) in [6.07, 6.45) is 3.68. The summed E-state index contributed by atoms with van der Waals surface area (Å²) in [5.41, 5.74) is 5.18. The van der Waals surface area contributed by atoms with Gasteiger partial charge in [-0.05, 0) is 12.8 Å². The monoisotopic (exact) mass is 251 g/mol. The summed E-state index contributed by atoms with van der Waals surface area (Å²) in [4.78, 5) is 10.4. The van der Waals surface area contributed by atoms with Gasteiger partial charge in [0.2, 0.25) is 0 Å². The van der Waals surface area contributed by atoms with Crippen molar-refractivity contribution in [2.24, 2.45) is 5.73 Å². The number of carboxylic acids is 1. The molecule has 0 amide bonds. The van der Waals surface area contributed by atoms with E-state index in [1.165, 1.54) is 0 Å². The average molecular weight is 251 g/mol. The van der Waals surface area contributed by atoms with Gasteiger partial charge in [-0.25, -0.2) is 4.72 Å². The van der Waals surface area contributed by atoms with Gasteiger partial charge in [0.25, 0.3) is 10.2 Å². The summed E-state index contributed by atoms with van der Waals surface area (Å²) in [6, 6.07) is -1.27. The van der Waals surface area contributed by atoms with E-state index in [2.05, 4.69) is 9.44 Å². The van der Waals surface area contributed by atoms with Crippen LogP contribution in [-0.4, -0.2) is 38.1 Å². The van der Waals surface area contributed by atoms with Gasteiger partial charge in [-0.15, -0.1) is 0 Å². The van der Waals surface area contributed by atoms with E-state index in [0.29, 0.717) is 0 Å². The van der Waals surface area contributed by atoms with E-state index in [-0.39, 0.29) is 12.6 Å². The Kier molecular flexibility index (Phi) is 4.66. The molecule has 1 aliphatic carbocycles. The van der Waals surface area contributed by atoms with E-state index in [1.807, 2.05) is 0 Å². The number of carboxylic acid groups (broad SMARTS) is 1. The van der Waals surface area contributed by atoms with Crippen LogP contribution in [0.15, 0.2) is 0 Å². The van der Waals surface area contributed by atoms with Crippen LogP contribution < -0.4 is 15.2 Å². The van der Waals surface area contributed by atoms with Gasteiger partial charge >= 0.3 is 5.97 Å². The van der Waals surface area contributed by atoms with Crippen molar-refractivity contribution in [3.8, 4) is 0 Å². The van der Waals surface area contributed by atoms with Crippen molar-refractivity contribution in [1.82, 2.24) is 9.44 Å². The van der Waals surface area contributed by atoms with Crippen molar-refractivity contribution in [3.63, 3.8) is 0 Å².